The number of aromatic carboxylic acids is 1. The van der Waals surface area contributed by atoms with Gasteiger partial charge in [-0.15, -0.1) is 0 Å². The first-order valence-electron chi connectivity index (χ1n) is 4.53. The van der Waals surface area contributed by atoms with Crippen molar-refractivity contribution in [1.29, 1.82) is 0 Å². The summed E-state index contributed by atoms with van der Waals surface area (Å²) < 4.78 is 0.700. The fraction of sp³-hybridized carbons (Fsp3) is 0.400. The van der Waals surface area contributed by atoms with Gasteiger partial charge in [0.2, 0.25) is 0 Å². The molecule has 0 fully saturated rings. The summed E-state index contributed by atoms with van der Waals surface area (Å²) in [5.74, 6) is -0.881. The molecule has 0 saturated carbocycles. The van der Waals surface area contributed by atoms with Gasteiger partial charge < -0.3 is 0 Å². The summed E-state index contributed by atoms with van der Waals surface area (Å²) in [4.78, 5) is 15.0. The van der Waals surface area contributed by atoms with Crippen LogP contribution >= 0.6 is 0 Å². The first-order valence-corrected chi connectivity index (χ1v) is 5.53. The summed E-state index contributed by atoms with van der Waals surface area (Å²) in [6, 6.07) is 1.73. The number of hydrogen-bond donors (Lipinski definition) is 1. The van der Waals surface area contributed by atoms with Gasteiger partial charge >= 0.3 is 101 Å². The third-order valence-electron chi connectivity index (χ3n) is 2.18. The second kappa shape index (κ2) is 4.01. The van der Waals surface area contributed by atoms with Gasteiger partial charge in [-0.2, -0.15) is 0 Å². The van der Waals surface area contributed by atoms with E-state index in [-0.39, 0.29) is 5.41 Å². The molecule has 70 valence electrons. The maximum atomic E-state index is 10.9. The Morgan fingerprint density at radius 1 is 1.50 bits per heavy atom. The molecule has 0 aromatic carbocycles. The van der Waals surface area contributed by atoms with Crippen LogP contribution in [0.2, 0.25) is 0 Å². The van der Waals surface area contributed by atoms with E-state index >= 15 is 0 Å². The van der Waals surface area contributed by atoms with Gasteiger partial charge in [0.1, 0.15) is 0 Å². The van der Waals surface area contributed by atoms with Crippen molar-refractivity contribution in [2.75, 3.05) is 0 Å². The van der Waals surface area contributed by atoms with Gasteiger partial charge in [0, 0.05) is 0 Å². The van der Waals surface area contributed by atoms with Crippen LogP contribution in [0.5, 0.6) is 0 Å². The Balaban J connectivity index is 3.27. The molecule has 3 nitrogen and oxygen atoms in total. The Bertz CT molecular complexity index is 369. The predicted octanol–water partition coefficient (Wildman–Crippen LogP) is 0.871. The van der Waals surface area contributed by atoms with E-state index in [0.717, 1.165) is 5.56 Å². The molecule has 14 heavy (non-hydrogen) atoms. The van der Waals surface area contributed by atoms with Gasteiger partial charge in [-0.25, -0.2) is 0 Å². The third kappa shape index (κ3) is 2.56. The summed E-state index contributed by atoms with van der Waals surface area (Å²) >= 11 is 0.666. The summed E-state index contributed by atoms with van der Waals surface area (Å²) in [7, 11) is 0. The average Bonchev–Trinajstić information content (AvgIpc) is 2.02. The summed E-state index contributed by atoms with van der Waals surface area (Å²) in [5, 5.41) is 8.94. The van der Waals surface area contributed by atoms with Crippen molar-refractivity contribution < 1.29 is 9.90 Å². The molecule has 1 N–H and O–H groups in total. The first kappa shape index (κ1) is 11.7. The fourth-order valence-electron chi connectivity index (χ4n) is 1.16. The minimum absolute atomic E-state index is 0.0492. The first-order chi connectivity index (χ1) is 6.32. The van der Waals surface area contributed by atoms with E-state index in [4.69, 9.17) is 5.11 Å². The van der Waals surface area contributed by atoms with Crippen LogP contribution in [0.25, 0.3) is 0 Å². The van der Waals surface area contributed by atoms with Gasteiger partial charge in [-0.1, -0.05) is 0 Å². The number of pyridine rings is 1. The van der Waals surface area contributed by atoms with Crippen LogP contribution in [0, 0.1) is 0 Å². The van der Waals surface area contributed by atoms with Crippen LogP contribution in [0.3, 0.4) is 0 Å². The molecule has 0 spiro atoms. The van der Waals surface area contributed by atoms with Crippen LogP contribution in [0.15, 0.2) is 12.3 Å². The Kier molecular flexibility index (Phi) is 3.35. The number of carboxylic acid groups (broad SMARTS) is 1. The van der Waals surface area contributed by atoms with E-state index in [0.29, 0.717) is 36.4 Å². The molecule has 0 aliphatic heterocycles. The van der Waals surface area contributed by atoms with E-state index in [1.165, 1.54) is 0 Å². The van der Waals surface area contributed by atoms with E-state index in [9.17, 15) is 4.79 Å². The molecule has 1 rings (SSSR count). The summed E-state index contributed by atoms with van der Waals surface area (Å²) in [6.07, 6.45) is 1.77. The average molecular weight is 201 g/mol. The van der Waals surface area contributed by atoms with Crippen molar-refractivity contribution in [1.82, 2.24) is 4.98 Å². The van der Waals surface area contributed by atoms with Gasteiger partial charge in [-0.3, -0.25) is 0 Å². The number of carbonyl (C=O) groups is 1. The Morgan fingerprint density at radius 2 is 2.07 bits per heavy atom. The topological polar surface area (TPSA) is 50.2 Å². The molecule has 0 atom stereocenters. The molecule has 0 aliphatic rings. The quantitative estimate of drug-likeness (QED) is 0.686. The Labute approximate surface area is 101 Å². The zero-order valence-electron chi connectivity index (χ0n) is 8.96. The summed E-state index contributed by atoms with van der Waals surface area (Å²) in [6.45, 7) is 6.13. The van der Waals surface area contributed by atoms with Crippen molar-refractivity contribution in [3.05, 3.63) is 23.4 Å². The normalized spacial score (nSPS) is 11.5. The molecule has 0 unspecified atom stereocenters. The van der Waals surface area contributed by atoms with Crippen LogP contribution < -0.4 is 2.94 Å². The number of nitrogens with zero attached hydrogens (tertiary/aromatic N) is 1. The molecule has 0 aliphatic carbocycles. The minimum atomic E-state index is -0.881. The van der Waals surface area contributed by atoms with Gasteiger partial charge in [0.25, 0.3) is 0 Å². The molecule has 1 heterocycles. The maximum absolute atomic E-state index is 10.9. The van der Waals surface area contributed by atoms with E-state index in [2.05, 4.69) is 4.98 Å². The van der Waals surface area contributed by atoms with Gasteiger partial charge in [0.15, 0.2) is 0 Å². The van der Waals surface area contributed by atoms with Gasteiger partial charge in [-0.05, 0) is 0 Å². The molecule has 0 radical (unpaired) electrons. The second-order valence-electron chi connectivity index (χ2n) is 4.41. The van der Waals surface area contributed by atoms with Crippen LogP contribution in [-0.4, -0.2) is 44.0 Å². The third-order valence-corrected chi connectivity index (χ3v) is 2.98. The summed E-state index contributed by atoms with van der Waals surface area (Å²) in [5.41, 5.74) is 1.27. The molecular formula is C10H12NNaO2. The molecule has 4 heteroatoms. The number of aromatic nitrogens is 1. The van der Waals surface area contributed by atoms with Crippen molar-refractivity contribution >= 4 is 36.8 Å². The number of carboxylic acids is 1. The number of rotatable bonds is 1. The van der Waals surface area contributed by atoms with Crippen LogP contribution in [-0.2, 0) is 5.41 Å². The van der Waals surface area contributed by atoms with Gasteiger partial charge in [0.05, 0.1) is 0 Å². The Morgan fingerprint density at radius 3 is 2.50 bits per heavy atom. The Hall–Kier alpha value is -0.380. The van der Waals surface area contributed by atoms with Crippen molar-refractivity contribution in [2.45, 2.75) is 26.2 Å². The van der Waals surface area contributed by atoms with Crippen molar-refractivity contribution in [3.8, 4) is 0 Å². The molecule has 1 aromatic rings. The van der Waals surface area contributed by atoms with Crippen LogP contribution in [0.1, 0.15) is 36.7 Å². The molecule has 1 aromatic heterocycles. The molecule has 0 amide bonds. The SMILES string of the molecule is CC(C)(C)c1cn[c]([Na])c(C(=O)O)c1. The monoisotopic (exact) mass is 201 g/mol. The predicted molar refractivity (Wildman–Crippen MR) is 55.3 cm³/mol. The van der Waals surface area contributed by atoms with E-state index in [1.807, 2.05) is 20.8 Å². The van der Waals surface area contributed by atoms with Crippen LogP contribution in [0.4, 0.5) is 0 Å². The molecule has 0 saturated heterocycles. The van der Waals surface area contributed by atoms with Crippen molar-refractivity contribution in [2.24, 2.45) is 0 Å². The number of hydrogen-bond acceptors (Lipinski definition) is 2. The standard InChI is InChI=1S/C10H12NO2.Na/c1-10(2,3)8-4-7(9(12)13)5-11-6-8;/h4,6H,1-3H3,(H,12,13);. The van der Waals surface area contributed by atoms with E-state index in [1.54, 1.807) is 12.3 Å². The molecule has 0 bridgehead atoms. The second-order valence-corrected chi connectivity index (χ2v) is 5.36. The molecular weight excluding hydrogens is 189 g/mol. The van der Waals surface area contributed by atoms with E-state index < -0.39 is 5.97 Å². The zero-order chi connectivity index (χ0) is 10.9. The fourth-order valence-corrected chi connectivity index (χ4v) is 1.65. The van der Waals surface area contributed by atoms with Crippen molar-refractivity contribution in [3.63, 3.8) is 0 Å². The zero-order valence-corrected chi connectivity index (χ0v) is 11.0.